The van der Waals surface area contributed by atoms with E-state index < -0.39 is 0 Å². The molecule has 5 nitrogen and oxygen atoms in total. The van der Waals surface area contributed by atoms with Crippen LogP contribution in [0.1, 0.15) is 0 Å². The van der Waals surface area contributed by atoms with E-state index in [1.54, 1.807) is 31.6 Å². The minimum absolute atomic E-state index is 0.561. The summed E-state index contributed by atoms with van der Waals surface area (Å²) in [6.07, 6.45) is 5.37. The van der Waals surface area contributed by atoms with E-state index in [0.717, 1.165) is 16.9 Å². The fourth-order valence-corrected chi connectivity index (χ4v) is 1.90. The van der Waals surface area contributed by atoms with Gasteiger partial charge in [-0.1, -0.05) is 0 Å². The van der Waals surface area contributed by atoms with Crippen LogP contribution in [-0.2, 0) is 0 Å². The SMILES string of the molecule is COc1ccc(-c2cn3cc(OCl)ccc3n2)cn1. The smallest absolute Gasteiger partial charge is 0.212 e. The van der Waals surface area contributed by atoms with Crippen molar-refractivity contribution in [1.82, 2.24) is 14.4 Å². The second-order valence-corrected chi connectivity index (χ2v) is 4.08. The highest BCUT2D eigenvalue weighted by Gasteiger charge is 2.06. The molecule has 3 aromatic heterocycles. The molecule has 0 saturated carbocycles. The van der Waals surface area contributed by atoms with Crippen LogP contribution in [0, 0.1) is 0 Å². The van der Waals surface area contributed by atoms with E-state index in [-0.39, 0.29) is 0 Å². The van der Waals surface area contributed by atoms with Gasteiger partial charge in [0, 0.05) is 24.0 Å². The lowest BCUT2D eigenvalue weighted by Gasteiger charge is -1.98. The van der Waals surface area contributed by atoms with Crippen molar-refractivity contribution in [3.63, 3.8) is 0 Å². The van der Waals surface area contributed by atoms with Gasteiger partial charge in [-0.3, -0.25) is 0 Å². The zero-order valence-corrected chi connectivity index (χ0v) is 10.8. The Morgan fingerprint density at radius 3 is 2.74 bits per heavy atom. The molecule has 0 radical (unpaired) electrons. The Balaban J connectivity index is 2.04. The summed E-state index contributed by atoms with van der Waals surface area (Å²) in [4.78, 5) is 8.66. The fraction of sp³-hybridized carbons (Fsp3) is 0.0769. The van der Waals surface area contributed by atoms with Crippen molar-refractivity contribution in [2.24, 2.45) is 0 Å². The van der Waals surface area contributed by atoms with Crippen molar-refractivity contribution >= 4 is 17.5 Å². The van der Waals surface area contributed by atoms with Crippen LogP contribution in [0.25, 0.3) is 16.9 Å². The third kappa shape index (κ3) is 2.20. The van der Waals surface area contributed by atoms with Crippen molar-refractivity contribution < 1.29 is 9.03 Å². The van der Waals surface area contributed by atoms with Gasteiger partial charge >= 0.3 is 0 Å². The zero-order chi connectivity index (χ0) is 13.2. The lowest BCUT2D eigenvalue weighted by molar-refractivity contribution is 0.398. The summed E-state index contributed by atoms with van der Waals surface area (Å²) >= 11 is 5.33. The summed E-state index contributed by atoms with van der Waals surface area (Å²) < 4.78 is 11.5. The van der Waals surface area contributed by atoms with Gasteiger partial charge < -0.3 is 13.4 Å². The maximum atomic E-state index is 5.33. The molecule has 0 saturated heterocycles. The van der Waals surface area contributed by atoms with Crippen molar-refractivity contribution in [2.75, 3.05) is 7.11 Å². The Morgan fingerprint density at radius 2 is 2.05 bits per heavy atom. The zero-order valence-electron chi connectivity index (χ0n) is 10.1. The van der Waals surface area contributed by atoms with Crippen molar-refractivity contribution in [3.8, 4) is 22.9 Å². The normalized spacial score (nSPS) is 10.6. The summed E-state index contributed by atoms with van der Waals surface area (Å²) in [7, 11) is 1.58. The largest absolute Gasteiger partial charge is 0.481 e. The second kappa shape index (κ2) is 4.78. The molecule has 0 aromatic carbocycles. The standard InChI is InChI=1S/C13H10ClN3O2/c1-18-13-5-2-9(6-15-13)11-8-17-7-10(19-14)3-4-12(17)16-11/h2-8H,1H3. The maximum Gasteiger partial charge on any atom is 0.212 e. The van der Waals surface area contributed by atoms with Crippen molar-refractivity contribution in [3.05, 3.63) is 42.9 Å². The van der Waals surface area contributed by atoms with Crippen LogP contribution in [0.4, 0.5) is 0 Å². The molecule has 0 aliphatic carbocycles. The van der Waals surface area contributed by atoms with E-state index in [2.05, 4.69) is 14.3 Å². The molecule has 0 spiro atoms. The Hall–Kier alpha value is -2.27. The minimum atomic E-state index is 0.561. The number of methoxy groups -OCH3 is 1. The van der Waals surface area contributed by atoms with Crippen LogP contribution in [0.3, 0.4) is 0 Å². The predicted molar refractivity (Wildman–Crippen MR) is 71.5 cm³/mol. The van der Waals surface area contributed by atoms with Gasteiger partial charge in [-0.15, -0.1) is 0 Å². The number of hydrogen-bond acceptors (Lipinski definition) is 4. The van der Waals surface area contributed by atoms with Crippen LogP contribution in [0.5, 0.6) is 11.6 Å². The molecule has 0 atom stereocenters. The first-order valence-corrected chi connectivity index (χ1v) is 5.89. The predicted octanol–water partition coefficient (Wildman–Crippen LogP) is 2.94. The second-order valence-electron chi connectivity index (χ2n) is 3.92. The van der Waals surface area contributed by atoms with Crippen molar-refractivity contribution in [1.29, 1.82) is 0 Å². The number of pyridine rings is 2. The van der Waals surface area contributed by atoms with Crippen LogP contribution in [-0.4, -0.2) is 21.5 Å². The van der Waals surface area contributed by atoms with Crippen LogP contribution in [0.2, 0.25) is 0 Å². The third-order valence-electron chi connectivity index (χ3n) is 2.75. The van der Waals surface area contributed by atoms with Gasteiger partial charge in [0.15, 0.2) is 5.75 Å². The number of fused-ring (bicyclic) bond motifs is 1. The first-order valence-electron chi connectivity index (χ1n) is 5.58. The molecule has 0 aliphatic rings. The van der Waals surface area contributed by atoms with E-state index >= 15 is 0 Å². The fourth-order valence-electron chi connectivity index (χ4n) is 1.81. The molecule has 3 heterocycles. The first kappa shape index (κ1) is 11.8. The van der Waals surface area contributed by atoms with E-state index in [1.807, 2.05) is 22.7 Å². The quantitative estimate of drug-likeness (QED) is 0.737. The molecule has 6 heteroatoms. The lowest BCUT2D eigenvalue weighted by atomic mass is 10.2. The Bertz CT molecular complexity index is 709. The van der Waals surface area contributed by atoms with Crippen LogP contribution in [0.15, 0.2) is 42.9 Å². The van der Waals surface area contributed by atoms with Gasteiger partial charge in [-0.05, 0) is 18.2 Å². The summed E-state index contributed by atoms with van der Waals surface area (Å²) in [5.41, 5.74) is 2.54. The van der Waals surface area contributed by atoms with Gasteiger partial charge in [0.05, 0.1) is 19.0 Å². The molecule has 3 rings (SSSR count). The van der Waals surface area contributed by atoms with Gasteiger partial charge in [0.2, 0.25) is 5.88 Å². The third-order valence-corrected chi connectivity index (χ3v) is 2.93. The van der Waals surface area contributed by atoms with Crippen LogP contribution >= 0.6 is 11.9 Å². The molecule has 0 bridgehead atoms. The van der Waals surface area contributed by atoms with E-state index in [1.165, 1.54) is 0 Å². The minimum Gasteiger partial charge on any atom is -0.481 e. The summed E-state index contributed by atoms with van der Waals surface area (Å²) in [5, 5.41) is 0. The Morgan fingerprint density at radius 1 is 1.16 bits per heavy atom. The topological polar surface area (TPSA) is 48.7 Å². The molecule has 3 aromatic rings. The van der Waals surface area contributed by atoms with Gasteiger partial charge in [-0.25, -0.2) is 9.97 Å². The van der Waals surface area contributed by atoms with Gasteiger partial charge in [-0.2, -0.15) is 0 Å². The lowest BCUT2D eigenvalue weighted by Crippen LogP contribution is -1.87. The first-order chi connectivity index (χ1) is 9.30. The van der Waals surface area contributed by atoms with Gasteiger partial charge in [0.25, 0.3) is 0 Å². The number of imidazole rings is 1. The number of rotatable bonds is 3. The molecule has 96 valence electrons. The molecule has 0 fully saturated rings. The number of nitrogens with zero attached hydrogens (tertiary/aromatic N) is 3. The molecular weight excluding hydrogens is 266 g/mol. The summed E-state index contributed by atoms with van der Waals surface area (Å²) in [5.74, 6) is 1.14. The van der Waals surface area contributed by atoms with Crippen LogP contribution < -0.4 is 9.03 Å². The highest BCUT2D eigenvalue weighted by atomic mass is 35.5. The Kier molecular flexibility index (Phi) is 2.97. The highest BCUT2D eigenvalue weighted by molar-refractivity contribution is 6.09. The van der Waals surface area contributed by atoms with E-state index in [4.69, 9.17) is 16.6 Å². The molecule has 0 aliphatic heterocycles. The summed E-state index contributed by atoms with van der Waals surface area (Å²) in [6.45, 7) is 0. The van der Waals surface area contributed by atoms with Gasteiger partial charge in [0.1, 0.15) is 17.5 Å². The average molecular weight is 276 g/mol. The van der Waals surface area contributed by atoms with E-state index in [0.29, 0.717) is 11.6 Å². The van der Waals surface area contributed by atoms with Crippen molar-refractivity contribution in [2.45, 2.75) is 0 Å². The molecule has 0 N–H and O–H groups in total. The maximum absolute atomic E-state index is 5.33. The molecule has 0 unspecified atom stereocenters. The number of ether oxygens (including phenoxy) is 1. The Labute approximate surface area is 114 Å². The number of aromatic nitrogens is 3. The monoisotopic (exact) mass is 275 g/mol. The molecule has 0 amide bonds. The molecule has 19 heavy (non-hydrogen) atoms. The van der Waals surface area contributed by atoms with E-state index in [9.17, 15) is 0 Å². The molecular formula is C13H10ClN3O2. The number of halogens is 1. The number of hydrogen-bond donors (Lipinski definition) is 0. The highest BCUT2D eigenvalue weighted by Crippen LogP contribution is 2.22. The average Bonchev–Trinajstić information content (AvgIpc) is 2.90. The summed E-state index contributed by atoms with van der Waals surface area (Å²) in [6, 6.07) is 7.29.